The van der Waals surface area contributed by atoms with Gasteiger partial charge in [0.15, 0.2) is 0 Å². The number of para-hydroxylation sites is 1. The Labute approximate surface area is 134 Å². The van der Waals surface area contributed by atoms with Crippen molar-refractivity contribution >= 4 is 17.3 Å². The molecule has 124 valence electrons. The minimum absolute atomic E-state index is 0.0925. The van der Waals surface area contributed by atoms with E-state index >= 15 is 0 Å². The molecule has 2 aromatic rings. The Morgan fingerprint density at radius 2 is 1.83 bits per heavy atom. The maximum absolute atomic E-state index is 13.3. The van der Waals surface area contributed by atoms with E-state index in [2.05, 4.69) is 11.9 Å². The molecule has 0 aliphatic carbocycles. The maximum atomic E-state index is 13.3. The van der Waals surface area contributed by atoms with Crippen LogP contribution in [0, 0.1) is 10.1 Å². The van der Waals surface area contributed by atoms with Crippen molar-refractivity contribution in [3.8, 4) is 11.1 Å². The minimum Gasteiger partial charge on any atom is -0.322 e. The van der Waals surface area contributed by atoms with Crippen LogP contribution in [-0.2, 0) is 11.0 Å². The first-order valence-corrected chi connectivity index (χ1v) is 6.62. The van der Waals surface area contributed by atoms with Crippen molar-refractivity contribution in [2.24, 2.45) is 0 Å². The third-order valence-electron chi connectivity index (χ3n) is 3.18. The Kier molecular flexibility index (Phi) is 4.68. The molecule has 0 aromatic heterocycles. The molecular formula is C16H11F3N2O3. The second-order valence-corrected chi connectivity index (χ2v) is 4.72. The predicted molar refractivity (Wildman–Crippen MR) is 82.4 cm³/mol. The molecule has 0 heterocycles. The fraction of sp³-hybridized carbons (Fsp3) is 0.0625. The van der Waals surface area contributed by atoms with Crippen LogP contribution in [0.15, 0.2) is 55.1 Å². The standard InChI is InChI=1S/C16H11F3N2O3/c1-2-15(22)20-14-6-4-3-5-12(14)11-8-7-10(21(23)24)9-13(11)16(17,18)19/h2-9H,1H2,(H,20,22). The van der Waals surface area contributed by atoms with Crippen LogP contribution in [0.2, 0.25) is 0 Å². The van der Waals surface area contributed by atoms with Gasteiger partial charge in [0.05, 0.1) is 10.5 Å². The third-order valence-corrected chi connectivity index (χ3v) is 3.18. The van der Waals surface area contributed by atoms with Crippen LogP contribution in [0.25, 0.3) is 11.1 Å². The molecule has 1 amide bonds. The third kappa shape index (κ3) is 3.60. The molecule has 0 bridgehead atoms. The Hall–Kier alpha value is -3.16. The molecule has 0 aliphatic rings. The lowest BCUT2D eigenvalue weighted by molar-refractivity contribution is -0.385. The Morgan fingerprint density at radius 3 is 2.42 bits per heavy atom. The molecule has 0 saturated carbocycles. The number of non-ortho nitro benzene ring substituents is 1. The number of alkyl halides is 3. The summed E-state index contributed by atoms with van der Waals surface area (Å²) in [6.07, 6.45) is -3.81. The molecule has 0 aliphatic heterocycles. The van der Waals surface area contributed by atoms with Crippen LogP contribution in [0.3, 0.4) is 0 Å². The van der Waals surface area contributed by atoms with Gasteiger partial charge in [0, 0.05) is 23.4 Å². The molecule has 0 unspecified atom stereocenters. The van der Waals surface area contributed by atoms with Gasteiger partial charge in [-0.3, -0.25) is 14.9 Å². The van der Waals surface area contributed by atoms with E-state index in [-0.39, 0.29) is 16.8 Å². The normalized spacial score (nSPS) is 11.0. The zero-order valence-electron chi connectivity index (χ0n) is 12.1. The molecule has 5 nitrogen and oxygen atoms in total. The van der Waals surface area contributed by atoms with Crippen LogP contribution in [0.4, 0.5) is 24.5 Å². The van der Waals surface area contributed by atoms with Crippen molar-refractivity contribution in [2.75, 3.05) is 5.32 Å². The number of benzene rings is 2. The topological polar surface area (TPSA) is 72.2 Å². The summed E-state index contributed by atoms with van der Waals surface area (Å²) < 4.78 is 39.9. The summed E-state index contributed by atoms with van der Waals surface area (Å²) in [4.78, 5) is 21.3. The minimum atomic E-state index is -4.79. The van der Waals surface area contributed by atoms with Gasteiger partial charge in [0.25, 0.3) is 5.69 Å². The van der Waals surface area contributed by atoms with Crippen molar-refractivity contribution in [2.45, 2.75) is 6.18 Å². The van der Waals surface area contributed by atoms with E-state index in [9.17, 15) is 28.1 Å². The zero-order valence-corrected chi connectivity index (χ0v) is 12.1. The number of amides is 1. The van der Waals surface area contributed by atoms with E-state index in [1.165, 1.54) is 18.2 Å². The van der Waals surface area contributed by atoms with E-state index in [0.29, 0.717) is 6.07 Å². The molecule has 0 radical (unpaired) electrons. The monoisotopic (exact) mass is 336 g/mol. The fourth-order valence-corrected chi connectivity index (χ4v) is 2.13. The van der Waals surface area contributed by atoms with Crippen LogP contribution >= 0.6 is 0 Å². The first-order valence-electron chi connectivity index (χ1n) is 6.62. The van der Waals surface area contributed by atoms with Gasteiger partial charge < -0.3 is 5.32 Å². The summed E-state index contributed by atoms with van der Waals surface area (Å²) in [6.45, 7) is 3.28. The Balaban J connectivity index is 2.67. The number of anilines is 1. The highest BCUT2D eigenvalue weighted by Crippen LogP contribution is 2.41. The van der Waals surface area contributed by atoms with Gasteiger partial charge in [-0.1, -0.05) is 24.8 Å². The van der Waals surface area contributed by atoms with E-state index in [0.717, 1.165) is 18.2 Å². The number of hydrogen-bond donors (Lipinski definition) is 1. The summed E-state index contributed by atoms with van der Waals surface area (Å²) in [7, 11) is 0. The SMILES string of the molecule is C=CC(=O)Nc1ccccc1-c1ccc([N+](=O)[O-])cc1C(F)(F)F. The van der Waals surface area contributed by atoms with Gasteiger partial charge in [-0.25, -0.2) is 0 Å². The summed E-state index contributed by atoms with van der Waals surface area (Å²) >= 11 is 0. The van der Waals surface area contributed by atoms with Crippen molar-refractivity contribution in [3.63, 3.8) is 0 Å². The highest BCUT2D eigenvalue weighted by molar-refractivity contribution is 6.02. The van der Waals surface area contributed by atoms with Crippen molar-refractivity contribution in [3.05, 3.63) is 70.8 Å². The molecule has 0 atom stereocenters. The number of nitro groups is 1. The van der Waals surface area contributed by atoms with Crippen molar-refractivity contribution in [1.82, 2.24) is 0 Å². The largest absolute Gasteiger partial charge is 0.417 e. The van der Waals surface area contributed by atoms with E-state index < -0.39 is 28.3 Å². The highest BCUT2D eigenvalue weighted by atomic mass is 19.4. The van der Waals surface area contributed by atoms with E-state index in [4.69, 9.17) is 0 Å². The molecule has 0 fully saturated rings. The molecule has 1 N–H and O–H groups in total. The van der Waals surface area contributed by atoms with Gasteiger partial charge in [0.2, 0.25) is 5.91 Å². The molecule has 0 spiro atoms. The lowest BCUT2D eigenvalue weighted by atomic mass is 9.97. The number of nitrogens with zero attached hydrogens (tertiary/aromatic N) is 1. The van der Waals surface area contributed by atoms with Crippen LogP contribution in [0.1, 0.15) is 5.56 Å². The van der Waals surface area contributed by atoms with Gasteiger partial charge in [0.1, 0.15) is 0 Å². The van der Waals surface area contributed by atoms with Crippen LogP contribution < -0.4 is 5.32 Å². The Morgan fingerprint density at radius 1 is 1.17 bits per heavy atom. The van der Waals surface area contributed by atoms with E-state index in [1.54, 1.807) is 6.07 Å². The summed E-state index contributed by atoms with van der Waals surface area (Å²) in [5.41, 5.74) is -1.86. The predicted octanol–water partition coefficient (Wildman–Crippen LogP) is 4.41. The average Bonchev–Trinajstić information content (AvgIpc) is 2.53. The number of carbonyl (C=O) groups is 1. The number of hydrogen-bond acceptors (Lipinski definition) is 3. The fourth-order valence-electron chi connectivity index (χ4n) is 2.13. The average molecular weight is 336 g/mol. The molecule has 8 heteroatoms. The summed E-state index contributed by atoms with van der Waals surface area (Å²) in [5, 5.41) is 13.2. The number of rotatable bonds is 4. The van der Waals surface area contributed by atoms with Crippen molar-refractivity contribution in [1.29, 1.82) is 0 Å². The second kappa shape index (κ2) is 6.53. The lowest BCUT2D eigenvalue weighted by Gasteiger charge is -2.16. The smallest absolute Gasteiger partial charge is 0.322 e. The van der Waals surface area contributed by atoms with Crippen LogP contribution in [0.5, 0.6) is 0 Å². The van der Waals surface area contributed by atoms with Gasteiger partial charge in [-0.15, -0.1) is 0 Å². The lowest BCUT2D eigenvalue weighted by Crippen LogP contribution is -2.11. The first kappa shape index (κ1) is 17.2. The summed E-state index contributed by atoms with van der Waals surface area (Å²) in [6, 6.07) is 8.33. The van der Waals surface area contributed by atoms with Gasteiger partial charge in [-0.05, 0) is 23.8 Å². The van der Waals surface area contributed by atoms with Crippen molar-refractivity contribution < 1.29 is 22.9 Å². The first-order chi connectivity index (χ1) is 11.2. The Bertz CT molecular complexity index is 816. The molecular weight excluding hydrogens is 325 g/mol. The highest BCUT2D eigenvalue weighted by Gasteiger charge is 2.35. The number of carbonyl (C=O) groups excluding carboxylic acids is 1. The molecule has 2 aromatic carbocycles. The van der Waals surface area contributed by atoms with Crippen LogP contribution in [-0.4, -0.2) is 10.8 Å². The number of halogens is 3. The van der Waals surface area contributed by atoms with Gasteiger partial charge in [-0.2, -0.15) is 13.2 Å². The quantitative estimate of drug-likeness (QED) is 0.511. The van der Waals surface area contributed by atoms with E-state index in [1.807, 2.05) is 0 Å². The molecule has 24 heavy (non-hydrogen) atoms. The second-order valence-electron chi connectivity index (χ2n) is 4.72. The summed E-state index contributed by atoms with van der Waals surface area (Å²) in [5.74, 6) is -0.585. The van der Waals surface area contributed by atoms with Gasteiger partial charge >= 0.3 is 6.18 Å². The zero-order chi connectivity index (χ0) is 17.9. The molecule has 2 rings (SSSR count). The number of nitro benzene ring substituents is 1. The molecule has 0 saturated heterocycles. The number of nitrogens with one attached hydrogen (secondary N) is 1. The maximum Gasteiger partial charge on any atom is 0.417 e.